The Balaban J connectivity index is 2.19. The molecule has 0 aromatic heterocycles. The van der Waals surface area contributed by atoms with E-state index in [0.717, 1.165) is 0 Å². The first-order chi connectivity index (χ1) is 12.4. The van der Waals surface area contributed by atoms with Gasteiger partial charge in [0.25, 0.3) is 10.0 Å². The topological polar surface area (TPSA) is 101 Å². The van der Waals surface area contributed by atoms with Crippen LogP contribution in [0.3, 0.4) is 0 Å². The van der Waals surface area contributed by atoms with Crippen molar-refractivity contribution >= 4 is 27.3 Å². The maximum Gasteiger partial charge on any atom is 0.261 e. The van der Waals surface area contributed by atoms with Crippen LogP contribution in [0.15, 0.2) is 59.5 Å². The zero-order valence-electron chi connectivity index (χ0n) is 15.0. The molecule has 2 aromatic rings. The Kier molecular flexibility index (Phi) is 6.39. The predicted molar refractivity (Wildman–Crippen MR) is 104 cm³/mol. The number of sulfonamides is 1. The summed E-state index contributed by atoms with van der Waals surface area (Å²) in [5, 5.41) is 2.85. The first kappa shape index (κ1) is 19.9. The van der Waals surface area contributed by atoms with Gasteiger partial charge in [0, 0.05) is 12.2 Å². The highest BCUT2D eigenvalue weighted by atomic mass is 32.2. The quantitative estimate of drug-likeness (QED) is 0.659. The minimum absolute atomic E-state index is 0.159. The number of nitrogens with one attached hydrogen (secondary N) is 2. The Bertz CT molecular complexity index is 839. The van der Waals surface area contributed by atoms with Crippen LogP contribution in [0.2, 0.25) is 0 Å². The van der Waals surface area contributed by atoms with Crippen LogP contribution < -0.4 is 15.8 Å². The van der Waals surface area contributed by atoms with Crippen LogP contribution >= 0.6 is 0 Å². The highest BCUT2D eigenvalue weighted by molar-refractivity contribution is 7.92. The maximum atomic E-state index is 12.6. The Labute approximate surface area is 154 Å². The van der Waals surface area contributed by atoms with E-state index in [1.807, 2.05) is 13.8 Å². The van der Waals surface area contributed by atoms with Crippen LogP contribution in [0.4, 0.5) is 11.4 Å². The minimum atomic E-state index is -3.68. The van der Waals surface area contributed by atoms with Gasteiger partial charge in [-0.2, -0.15) is 0 Å². The van der Waals surface area contributed by atoms with E-state index >= 15 is 0 Å². The van der Waals surface area contributed by atoms with E-state index in [1.165, 1.54) is 12.1 Å². The van der Waals surface area contributed by atoms with Crippen LogP contribution in [0, 0.1) is 5.41 Å². The monoisotopic (exact) mass is 375 g/mol. The molecule has 0 radical (unpaired) electrons. The number of carbonyl (C=O) groups is 1. The van der Waals surface area contributed by atoms with Gasteiger partial charge in [-0.05, 0) is 43.2 Å². The van der Waals surface area contributed by atoms with E-state index in [9.17, 15) is 13.2 Å². The number of amides is 1. The average Bonchev–Trinajstić information content (AvgIpc) is 2.64. The van der Waals surface area contributed by atoms with Crippen molar-refractivity contribution in [2.24, 2.45) is 11.1 Å². The summed E-state index contributed by atoms with van der Waals surface area (Å²) in [7, 11) is -3.68. The second-order valence-electron chi connectivity index (χ2n) is 6.15. The Hall–Kier alpha value is -2.38. The second-order valence-corrected chi connectivity index (χ2v) is 7.83. The summed E-state index contributed by atoms with van der Waals surface area (Å²) < 4.78 is 27.4. The molecule has 2 aromatic carbocycles. The van der Waals surface area contributed by atoms with E-state index in [0.29, 0.717) is 24.2 Å². The van der Waals surface area contributed by atoms with Crippen molar-refractivity contribution in [3.05, 3.63) is 54.6 Å². The molecule has 0 bridgehead atoms. The van der Waals surface area contributed by atoms with Gasteiger partial charge in [-0.15, -0.1) is 0 Å². The molecule has 0 saturated heterocycles. The first-order valence-electron chi connectivity index (χ1n) is 8.56. The number of nitrogens with two attached hydrogens (primary N) is 1. The highest BCUT2D eigenvalue weighted by Gasteiger charge is 2.33. The lowest BCUT2D eigenvalue weighted by Crippen LogP contribution is -2.41. The molecule has 7 heteroatoms. The molecule has 0 atom stereocenters. The molecule has 0 aliphatic carbocycles. The summed E-state index contributed by atoms with van der Waals surface area (Å²) in [5.41, 5.74) is 6.07. The number of anilines is 2. The third-order valence-electron chi connectivity index (χ3n) is 4.65. The minimum Gasteiger partial charge on any atom is -0.329 e. The summed E-state index contributed by atoms with van der Waals surface area (Å²) >= 11 is 0. The lowest BCUT2D eigenvalue weighted by Gasteiger charge is -2.28. The fourth-order valence-electron chi connectivity index (χ4n) is 2.69. The van der Waals surface area contributed by atoms with Gasteiger partial charge in [0.15, 0.2) is 0 Å². The lowest BCUT2D eigenvalue weighted by atomic mass is 9.81. The van der Waals surface area contributed by atoms with E-state index < -0.39 is 15.4 Å². The third kappa shape index (κ3) is 4.42. The molecule has 6 nitrogen and oxygen atoms in total. The maximum absolute atomic E-state index is 12.6. The van der Waals surface area contributed by atoms with Crippen molar-refractivity contribution in [2.45, 2.75) is 31.6 Å². The first-order valence-corrected chi connectivity index (χ1v) is 10.0. The van der Waals surface area contributed by atoms with E-state index in [1.54, 1.807) is 42.5 Å². The second kappa shape index (κ2) is 8.33. The fourth-order valence-corrected chi connectivity index (χ4v) is 3.76. The number of benzene rings is 2. The molecule has 0 heterocycles. The molecule has 26 heavy (non-hydrogen) atoms. The van der Waals surface area contributed by atoms with Gasteiger partial charge in [0.2, 0.25) is 5.91 Å². The molecule has 1 amide bonds. The van der Waals surface area contributed by atoms with E-state index in [4.69, 9.17) is 5.73 Å². The highest BCUT2D eigenvalue weighted by Crippen LogP contribution is 2.28. The Morgan fingerprint density at radius 3 is 2.19 bits per heavy atom. The molecular weight excluding hydrogens is 350 g/mol. The predicted octanol–water partition coefficient (Wildman–Crippen LogP) is 3.19. The van der Waals surface area contributed by atoms with Crippen LogP contribution in [0.1, 0.15) is 26.7 Å². The molecule has 0 aliphatic rings. The lowest BCUT2D eigenvalue weighted by molar-refractivity contribution is -0.125. The molecule has 0 unspecified atom stereocenters. The number of carbonyl (C=O) groups excluding carboxylic acids is 1. The van der Waals surface area contributed by atoms with E-state index in [2.05, 4.69) is 10.0 Å². The number of rotatable bonds is 8. The standard InChI is InChI=1S/C19H25N3O3S/c1-3-19(4-2,14-20)18(23)21-15-9-8-10-16(13-15)22-26(24,25)17-11-6-5-7-12-17/h5-13,22H,3-4,14,20H2,1-2H3,(H,21,23). The number of hydrogen-bond acceptors (Lipinski definition) is 4. The molecule has 2 rings (SSSR count). The van der Waals surface area contributed by atoms with Gasteiger partial charge < -0.3 is 11.1 Å². The van der Waals surface area contributed by atoms with Gasteiger partial charge in [-0.1, -0.05) is 38.1 Å². The van der Waals surface area contributed by atoms with Gasteiger partial charge in [-0.3, -0.25) is 9.52 Å². The van der Waals surface area contributed by atoms with Crippen molar-refractivity contribution in [1.29, 1.82) is 0 Å². The largest absolute Gasteiger partial charge is 0.329 e. The third-order valence-corrected chi connectivity index (χ3v) is 6.05. The molecular formula is C19H25N3O3S. The molecule has 0 fully saturated rings. The molecule has 0 aliphatic heterocycles. The normalized spacial score (nSPS) is 11.8. The van der Waals surface area contributed by atoms with Crippen molar-refractivity contribution in [1.82, 2.24) is 0 Å². The summed E-state index contributed by atoms with van der Waals surface area (Å²) in [4.78, 5) is 12.8. The smallest absolute Gasteiger partial charge is 0.261 e. The molecule has 0 spiro atoms. The van der Waals surface area contributed by atoms with Gasteiger partial charge in [-0.25, -0.2) is 8.42 Å². The van der Waals surface area contributed by atoms with Crippen LogP contribution in [0.5, 0.6) is 0 Å². The van der Waals surface area contributed by atoms with Gasteiger partial charge in [0.05, 0.1) is 16.0 Å². The van der Waals surface area contributed by atoms with Crippen molar-refractivity contribution in [3.63, 3.8) is 0 Å². The van der Waals surface area contributed by atoms with Crippen molar-refractivity contribution in [3.8, 4) is 0 Å². The van der Waals surface area contributed by atoms with Crippen LogP contribution in [-0.2, 0) is 14.8 Å². The van der Waals surface area contributed by atoms with Crippen molar-refractivity contribution < 1.29 is 13.2 Å². The zero-order chi connectivity index (χ0) is 19.2. The summed E-state index contributed by atoms with van der Waals surface area (Å²) in [6.07, 6.45) is 1.26. The van der Waals surface area contributed by atoms with Crippen LogP contribution in [0.25, 0.3) is 0 Å². The zero-order valence-corrected chi connectivity index (χ0v) is 15.8. The Morgan fingerprint density at radius 1 is 1.00 bits per heavy atom. The van der Waals surface area contributed by atoms with Crippen molar-refractivity contribution in [2.75, 3.05) is 16.6 Å². The summed E-state index contributed by atoms with van der Waals surface area (Å²) in [5.74, 6) is -0.159. The van der Waals surface area contributed by atoms with E-state index in [-0.39, 0.29) is 17.3 Å². The summed E-state index contributed by atoms with van der Waals surface area (Å²) in [6, 6.07) is 14.7. The molecule has 140 valence electrons. The fraction of sp³-hybridized carbons (Fsp3) is 0.316. The SMILES string of the molecule is CCC(CC)(CN)C(=O)Nc1cccc(NS(=O)(=O)c2ccccc2)c1. The molecule has 0 saturated carbocycles. The van der Waals surface area contributed by atoms with Gasteiger partial charge in [0.1, 0.15) is 0 Å². The molecule has 4 N–H and O–H groups in total. The van der Waals surface area contributed by atoms with Gasteiger partial charge >= 0.3 is 0 Å². The Morgan fingerprint density at radius 2 is 1.62 bits per heavy atom. The number of hydrogen-bond donors (Lipinski definition) is 3. The summed E-state index contributed by atoms with van der Waals surface area (Å²) in [6.45, 7) is 4.12. The van der Waals surface area contributed by atoms with Crippen LogP contribution in [-0.4, -0.2) is 20.9 Å². The average molecular weight is 375 g/mol.